The zero-order chi connectivity index (χ0) is 19.4. The Labute approximate surface area is 165 Å². The second-order valence-electron chi connectivity index (χ2n) is 5.46. The summed E-state index contributed by atoms with van der Waals surface area (Å²) in [6.45, 7) is 8.76. The molecule has 0 radical (unpaired) electrons. The molecule has 0 aliphatic rings. The van der Waals surface area contributed by atoms with Crippen LogP contribution in [0.1, 0.15) is 33.3 Å². The number of rotatable bonds is 9. The Bertz CT molecular complexity index is 735. The summed E-state index contributed by atoms with van der Waals surface area (Å²) >= 11 is 3.44. The number of nitrogens with zero attached hydrogens (tertiary/aromatic N) is 2. The minimum atomic E-state index is 0.120. The molecule has 0 bridgehead atoms. The van der Waals surface area contributed by atoms with Crippen molar-refractivity contribution in [2.45, 2.75) is 27.7 Å². The van der Waals surface area contributed by atoms with Gasteiger partial charge in [0.25, 0.3) is 0 Å². The maximum Gasteiger partial charge on any atom is 0.137 e. The van der Waals surface area contributed by atoms with Crippen LogP contribution in [0.5, 0.6) is 5.75 Å². The van der Waals surface area contributed by atoms with Crippen LogP contribution in [-0.4, -0.2) is 18.1 Å². The molecule has 0 unspecified atom stereocenters. The van der Waals surface area contributed by atoms with Crippen molar-refractivity contribution in [1.29, 1.82) is 10.5 Å². The highest BCUT2D eigenvalue weighted by molar-refractivity contribution is 8.22. The van der Waals surface area contributed by atoms with Gasteiger partial charge in [0, 0.05) is 9.81 Å². The van der Waals surface area contributed by atoms with Crippen LogP contribution in [0.15, 0.2) is 51.8 Å². The molecule has 1 aromatic carbocycles. The smallest absolute Gasteiger partial charge is 0.137 e. The summed E-state index contributed by atoms with van der Waals surface area (Å²) in [6, 6.07) is 11.6. The zero-order valence-electron chi connectivity index (χ0n) is 15.7. The molecule has 5 heteroatoms. The molecule has 26 heavy (non-hydrogen) atoms. The lowest BCUT2D eigenvalue weighted by Gasteiger charge is -2.09. The fraction of sp³-hybridized carbons (Fsp3) is 0.333. The lowest BCUT2D eigenvalue weighted by Crippen LogP contribution is -1.95. The number of nitriles is 2. The van der Waals surface area contributed by atoms with Crippen molar-refractivity contribution in [2.24, 2.45) is 0 Å². The monoisotopic (exact) mass is 384 g/mol. The van der Waals surface area contributed by atoms with E-state index in [-0.39, 0.29) is 5.57 Å². The number of thioether (sulfide) groups is 2. The molecule has 0 aromatic heterocycles. The SMILES string of the molecule is CCSC(=CC(=C(C#N)C#N)c1ccc(OCC=C(C)C)cc1)SCC. The Morgan fingerprint density at radius 3 is 2.08 bits per heavy atom. The van der Waals surface area contributed by atoms with Gasteiger partial charge in [-0.15, -0.1) is 23.5 Å². The summed E-state index contributed by atoms with van der Waals surface area (Å²) < 4.78 is 6.79. The van der Waals surface area contributed by atoms with Gasteiger partial charge in [-0.3, -0.25) is 0 Å². The lowest BCUT2D eigenvalue weighted by molar-refractivity contribution is 0.362. The van der Waals surface area contributed by atoms with Crippen molar-refractivity contribution in [1.82, 2.24) is 0 Å². The van der Waals surface area contributed by atoms with E-state index in [0.717, 1.165) is 27.1 Å². The van der Waals surface area contributed by atoms with Crippen LogP contribution >= 0.6 is 23.5 Å². The minimum Gasteiger partial charge on any atom is -0.490 e. The van der Waals surface area contributed by atoms with Crippen LogP contribution in [0, 0.1) is 22.7 Å². The van der Waals surface area contributed by atoms with E-state index in [0.29, 0.717) is 12.2 Å². The van der Waals surface area contributed by atoms with Gasteiger partial charge in [-0.25, -0.2) is 0 Å². The van der Waals surface area contributed by atoms with E-state index in [1.165, 1.54) is 5.57 Å². The number of ether oxygens (including phenoxy) is 1. The van der Waals surface area contributed by atoms with Gasteiger partial charge >= 0.3 is 0 Å². The van der Waals surface area contributed by atoms with E-state index in [4.69, 9.17) is 4.74 Å². The summed E-state index contributed by atoms with van der Waals surface area (Å²) in [5, 5.41) is 18.7. The van der Waals surface area contributed by atoms with Crippen molar-refractivity contribution >= 4 is 29.1 Å². The molecule has 3 nitrogen and oxygen atoms in total. The first-order chi connectivity index (χ1) is 12.5. The molecule has 0 aliphatic heterocycles. The highest BCUT2D eigenvalue weighted by Crippen LogP contribution is 2.33. The number of allylic oxidation sites excluding steroid dienone is 4. The third-order valence-corrected chi connectivity index (χ3v) is 5.32. The normalized spacial score (nSPS) is 9.46. The van der Waals surface area contributed by atoms with Crippen LogP contribution < -0.4 is 4.74 Å². The zero-order valence-corrected chi connectivity index (χ0v) is 17.3. The number of hydrogen-bond donors (Lipinski definition) is 0. The van der Waals surface area contributed by atoms with Gasteiger partial charge in [0.15, 0.2) is 0 Å². The van der Waals surface area contributed by atoms with E-state index in [1.54, 1.807) is 23.5 Å². The minimum absolute atomic E-state index is 0.120. The quantitative estimate of drug-likeness (QED) is 0.289. The van der Waals surface area contributed by atoms with Crippen molar-refractivity contribution in [3.8, 4) is 17.9 Å². The summed E-state index contributed by atoms with van der Waals surface area (Å²) in [4.78, 5) is 0. The van der Waals surface area contributed by atoms with Crippen LogP contribution in [0.2, 0.25) is 0 Å². The molecule has 0 saturated heterocycles. The number of hydrogen-bond acceptors (Lipinski definition) is 5. The fourth-order valence-corrected chi connectivity index (χ4v) is 4.02. The van der Waals surface area contributed by atoms with Crippen LogP contribution in [0.4, 0.5) is 0 Å². The first-order valence-corrected chi connectivity index (χ1v) is 10.4. The standard InChI is InChI=1S/C21H24N2OS2/c1-5-25-21(26-6-2)13-20(18(14-22)15-23)17-7-9-19(10-8-17)24-12-11-16(3)4/h7-11,13H,5-6,12H2,1-4H3. The third-order valence-electron chi connectivity index (χ3n) is 3.24. The Morgan fingerprint density at radius 1 is 1.04 bits per heavy atom. The molecule has 1 rings (SSSR count). The van der Waals surface area contributed by atoms with Gasteiger partial charge in [-0.2, -0.15) is 10.5 Å². The second-order valence-corrected chi connectivity index (χ2v) is 8.33. The average Bonchev–Trinajstić information content (AvgIpc) is 2.62. The molecule has 1 aromatic rings. The molecule has 0 heterocycles. The van der Waals surface area contributed by atoms with E-state index in [9.17, 15) is 10.5 Å². The second kappa shape index (κ2) is 12.3. The largest absolute Gasteiger partial charge is 0.490 e. The van der Waals surface area contributed by atoms with E-state index < -0.39 is 0 Å². The van der Waals surface area contributed by atoms with Gasteiger partial charge < -0.3 is 4.74 Å². The molecule has 0 saturated carbocycles. The van der Waals surface area contributed by atoms with Crippen LogP contribution in [-0.2, 0) is 0 Å². The van der Waals surface area contributed by atoms with E-state index in [1.807, 2.05) is 62.4 Å². The van der Waals surface area contributed by atoms with Gasteiger partial charge in [0.2, 0.25) is 0 Å². The fourth-order valence-electron chi connectivity index (χ4n) is 2.01. The molecule has 0 N–H and O–H groups in total. The lowest BCUT2D eigenvalue weighted by atomic mass is 10.0. The van der Waals surface area contributed by atoms with Crippen LogP contribution in [0.3, 0.4) is 0 Å². The first kappa shape index (κ1) is 22.0. The van der Waals surface area contributed by atoms with E-state index in [2.05, 4.69) is 13.8 Å². The topological polar surface area (TPSA) is 56.8 Å². The maximum absolute atomic E-state index is 9.35. The molecule has 0 spiro atoms. The summed E-state index contributed by atoms with van der Waals surface area (Å²) in [7, 11) is 0. The van der Waals surface area contributed by atoms with Gasteiger partial charge in [0.1, 0.15) is 30.1 Å². The van der Waals surface area contributed by atoms with Crippen LogP contribution in [0.25, 0.3) is 5.57 Å². The highest BCUT2D eigenvalue weighted by Gasteiger charge is 2.10. The molecule has 0 amide bonds. The molecule has 0 atom stereocenters. The average molecular weight is 385 g/mol. The first-order valence-electron chi connectivity index (χ1n) is 8.44. The van der Waals surface area contributed by atoms with Gasteiger partial charge in [-0.1, -0.05) is 31.6 Å². The van der Waals surface area contributed by atoms with Crippen molar-refractivity contribution in [3.63, 3.8) is 0 Å². The summed E-state index contributed by atoms with van der Waals surface area (Å²) in [5.41, 5.74) is 2.82. The molecule has 0 fully saturated rings. The van der Waals surface area contributed by atoms with Gasteiger partial charge in [0.05, 0.1) is 0 Å². The Kier molecular flexibility index (Phi) is 10.4. The summed E-state index contributed by atoms with van der Waals surface area (Å²) in [5.74, 6) is 2.64. The Balaban J connectivity index is 3.19. The predicted molar refractivity (Wildman–Crippen MR) is 114 cm³/mol. The maximum atomic E-state index is 9.35. The van der Waals surface area contributed by atoms with Crippen molar-refractivity contribution in [2.75, 3.05) is 18.1 Å². The van der Waals surface area contributed by atoms with Gasteiger partial charge in [-0.05, 0) is 55.2 Å². The third kappa shape index (κ3) is 7.44. The van der Waals surface area contributed by atoms with Crippen molar-refractivity contribution in [3.05, 3.63) is 57.4 Å². The van der Waals surface area contributed by atoms with E-state index >= 15 is 0 Å². The molecule has 136 valence electrons. The summed E-state index contributed by atoms with van der Waals surface area (Å²) in [6.07, 6.45) is 3.96. The number of benzene rings is 1. The molecule has 0 aliphatic carbocycles. The molecular weight excluding hydrogens is 360 g/mol. The highest BCUT2D eigenvalue weighted by atomic mass is 32.2. The molecular formula is C21H24N2OS2. The predicted octanol–water partition coefficient (Wildman–Crippen LogP) is 6.18. The van der Waals surface area contributed by atoms with Crippen molar-refractivity contribution < 1.29 is 4.74 Å². The Morgan fingerprint density at radius 2 is 1.62 bits per heavy atom. The Hall–Kier alpha value is -2.08.